The van der Waals surface area contributed by atoms with Crippen LogP contribution in [0.1, 0.15) is 11.1 Å². The lowest BCUT2D eigenvalue weighted by atomic mass is 10.2. The Hall–Kier alpha value is -4.62. The monoisotopic (exact) mass is 559 g/mol. The first kappa shape index (κ1) is 28.9. The Morgan fingerprint density at radius 1 is 0.692 bits per heavy atom. The van der Waals surface area contributed by atoms with Gasteiger partial charge in [-0.25, -0.2) is 4.79 Å². The zero-order valence-electron chi connectivity index (χ0n) is 19.9. The quantitative estimate of drug-likeness (QED) is 0.203. The molecule has 208 valence electrons. The van der Waals surface area contributed by atoms with Gasteiger partial charge in [0.1, 0.15) is 24.7 Å². The van der Waals surface area contributed by atoms with Gasteiger partial charge < -0.3 is 29.0 Å². The van der Waals surface area contributed by atoms with Crippen LogP contribution in [-0.2, 0) is 27.5 Å². The molecule has 0 aliphatic carbocycles. The highest BCUT2D eigenvalue weighted by Gasteiger charge is 2.31. The Kier molecular flexibility index (Phi) is 9.12. The van der Waals surface area contributed by atoms with E-state index in [-0.39, 0.29) is 30.4 Å². The average Bonchev–Trinajstić information content (AvgIpc) is 2.86. The minimum atomic E-state index is -4.84. The number of nitrogens with one attached hydrogen (secondary N) is 1. The van der Waals surface area contributed by atoms with E-state index in [1.165, 1.54) is 42.5 Å². The molecule has 0 atom stereocenters. The predicted molar refractivity (Wildman–Crippen MR) is 122 cm³/mol. The molecule has 3 aromatic carbocycles. The molecule has 0 aromatic heterocycles. The van der Waals surface area contributed by atoms with Gasteiger partial charge in [0, 0.05) is 11.8 Å². The molecule has 1 amide bonds. The highest BCUT2D eigenvalue weighted by atomic mass is 19.4. The lowest BCUT2D eigenvalue weighted by molar-refractivity contribution is -0.275. The zero-order chi connectivity index (χ0) is 28.6. The smallest absolute Gasteiger partial charge is 0.485 e. The molecule has 14 heteroatoms. The van der Waals surface area contributed by atoms with Gasteiger partial charge in [0.05, 0.1) is 7.11 Å². The van der Waals surface area contributed by atoms with Crippen molar-refractivity contribution in [3.8, 4) is 23.0 Å². The molecule has 3 rings (SSSR count). The Morgan fingerprint density at radius 2 is 1.15 bits per heavy atom. The van der Waals surface area contributed by atoms with E-state index >= 15 is 0 Å². The molecule has 39 heavy (non-hydrogen) atoms. The third-order valence-electron chi connectivity index (χ3n) is 4.67. The van der Waals surface area contributed by atoms with Gasteiger partial charge in [-0.15, -0.1) is 26.3 Å². The molecular formula is C25H19F6NO7. The maximum absolute atomic E-state index is 12.4. The van der Waals surface area contributed by atoms with E-state index in [4.69, 9.17) is 9.47 Å². The van der Waals surface area contributed by atoms with Crippen molar-refractivity contribution in [2.75, 3.05) is 12.4 Å². The zero-order valence-corrected chi connectivity index (χ0v) is 19.9. The first-order valence-electron chi connectivity index (χ1n) is 10.8. The minimum absolute atomic E-state index is 0.0744. The first-order chi connectivity index (χ1) is 18.3. The molecule has 1 N–H and O–H groups in total. The van der Waals surface area contributed by atoms with Crippen molar-refractivity contribution in [1.82, 2.24) is 0 Å². The van der Waals surface area contributed by atoms with Crippen LogP contribution in [0.25, 0.3) is 0 Å². The summed E-state index contributed by atoms with van der Waals surface area (Å²) >= 11 is 0. The lowest BCUT2D eigenvalue weighted by Crippen LogP contribution is -2.23. The normalized spacial score (nSPS) is 11.4. The molecule has 0 aliphatic heterocycles. The Morgan fingerprint density at radius 3 is 1.59 bits per heavy atom. The molecular weight excluding hydrogens is 540 g/mol. The number of hydrogen-bond acceptors (Lipinski definition) is 7. The average molecular weight is 559 g/mol. The van der Waals surface area contributed by atoms with Crippen LogP contribution >= 0.6 is 0 Å². The van der Waals surface area contributed by atoms with Gasteiger partial charge in [0.2, 0.25) is 0 Å². The van der Waals surface area contributed by atoms with Crippen LogP contribution in [0, 0.1) is 0 Å². The van der Waals surface area contributed by atoms with Gasteiger partial charge >= 0.3 is 24.6 Å². The summed E-state index contributed by atoms with van der Waals surface area (Å²) in [6, 6.07) is 14.0. The summed E-state index contributed by atoms with van der Waals surface area (Å²) in [5.74, 6) is -2.80. The summed E-state index contributed by atoms with van der Waals surface area (Å²) in [6.45, 7) is -0.236. The van der Waals surface area contributed by atoms with Crippen molar-refractivity contribution >= 4 is 17.6 Å². The number of alkyl halides is 6. The summed E-state index contributed by atoms with van der Waals surface area (Å²) in [5.41, 5.74) is 1.08. The first-order valence-corrected chi connectivity index (χ1v) is 10.8. The Bertz CT molecular complexity index is 1280. The molecule has 0 heterocycles. The number of carbonyl (C=O) groups excluding carboxylic acids is 2. The largest absolute Gasteiger partial charge is 0.573 e. The number of hydrogen-bond donors (Lipinski definition) is 1. The van der Waals surface area contributed by atoms with Gasteiger partial charge in [-0.3, -0.25) is 4.79 Å². The van der Waals surface area contributed by atoms with E-state index in [0.717, 1.165) is 31.4 Å². The molecule has 0 saturated carbocycles. The molecule has 0 radical (unpaired) electrons. The summed E-state index contributed by atoms with van der Waals surface area (Å²) in [6.07, 6.45) is -9.67. The standard InChI is InChI=1S/C25H19F6NO7/c1-35-23(34)22(33)32-17-6-11-20(36-13-15-2-7-18(8-3-15)38-24(26,27)28)21(12-17)37-14-16-4-9-19(10-5-16)39-25(29,30)31/h2-12H,13-14H2,1H3,(H,32,33). The minimum Gasteiger partial charge on any atom is -0.485 e. The molecule has 8 nitrogen and oxygen atoms in total. The third kappa shape index (κ3) is 9.64. The lowest BCUT2D eigenvalue weighted by Gasteiger charge is -2.15. The topological polar surface area (TPSA) is 92.3 Å². The number of amides is 1. The van der Waals surface area contributed by atoms with Crippen LogP contribution in [0.4, 0.5) is 32.0 Å². The van der Waals surface area contributed by atoms with Crippen LogP contribution in [0.2, 0.25) is 0 Å². The summed E-state index contributed by atoms with van der Waals surface area (Å²) in [5, 5.41) is 2.31. The van der Waals surface area contributed by atoms with Crippen molar-refractivity contribution in [2.45, 2.75) is 25.9 Å². The number of rotatable bonds is 9. The van der Waals surface area contributed by atoms with Crippen molar-refractivity contribution in [3.05, 3.63) is 77.9 Å². The second-order valence-corrected chi connectivity index (χ2v) is 7.57. The maximum atomic E-state index is 12.4. The van der Waals surface area contributed by atoms with Crippen molar-refractivity contribution in [3.63, 3.8) is 0 Å². The SMILES string of the molecule is COC(=O)C(=O)Nc1ccc(OCc2ccc(OC(F)(F)F)cc2)c(OCc2ccc(OC(F)(F)F)cc2)c1. The van der Waals surface area contributed by atoms with Crippen molar-refractivity contribution in [1.29, 1.82) is 0 Å². The van der Waals surface area contributed by atoms with Crippen molar-refractivity contribution in [2.24, 2.45) is 0 Å². The number of benzene rings is 3. The number of anilines is 1. The molecule has 0 spiro atoms. The highest BCUT2D eigenvalue weighted by molar-refractivity contribution is 6.37. The van der Waals surface area contributed by atoms with Crippen LogP contribution in [0.5, 0.6) is 23.0 Å². The van der Waals surface area contributed by atoms with E-state index < -0.39 is 36.1 Å². The van der Waals surface area contributed by atoms with Crippen molar-refractivity contribution < 1.29 is 59.6 Å². The summed E-state index contributed by atoms with van der Waals surface area (Å²) in [7, 11) is 1.03. The van der Waals surface area contributed by atoms with Crippen LogP contribution in [-0.4, -0.2) is 31.7 Å². The van der Waals surface area contributed by atoms with Crippen LogP contribution in [0.15, 0.2) is 66.7 Å². The Balaban J connectivity index is 1.74. The fraction of sp³-hybridized carbons (Fsp3) is 0.200. The van der Waals surface area contributed by atoms with Gasteiger partial charge in [-0.2, -0.15) is 0 Å². The maximum Gasteiger partial charge on any atom is 0.573 e. The van der Waals surface area contributed by atoms with Crippen LogP contribution in [0.3, 0.4) is 0 Å². The van der Waals surface area contributed by atoms with Gasteiger partial charge in [0.15, 0.2) is 11.5 Å². The molecule has 0 unspecified atom stereocenters. The third-order valence-corrected chi connectivity index (χ3v) is 4.67. The highest BCUT2D eigenvalue weighted by Crippen LogP contribution is 2.33. The van der Waals surface area contributed by atoms with Gasteiger partial charge in [0.25, 0.3) is 0 Å². The van der Waals surface area contributed by atoms with Crippen LogP contribution < -0.4 is 24.3 Å². The van der Waals surface area contributed by atoms with E-state index in [1.54, 1.807) is 0 Å². The number of ether oxygens (including phenoxy) is 5. The predicted octanol–water partition coefficient (Wildman–Crippen LogP) is 5.75. The molecule has 0 aliphatic rings. The van der Waals surface area contributed by atoms with Gasteiger partial charge in [-0.1, -0.05) is 24.3 Å². The Labute approximate surface area is 217 Å². The van der Waals surface area contributed by atoms with E-state index in [1.807, 2.05) is 0 Å². The fourth-order valence-corrected chi connectivity index (χ4v) is 2.99. The van der Waals surface area contributed by atoms with E-state index in [9.17, 15) is 35.9 Å². The number of halogens is 6. The summed E-state index contributed by atoms with van der Waals surface area (Å²) < 4.78 is 97.6. The molecule has 3 aromatic rings. The molecule has 0 bridgehead atoms. The second-order valence-electron chi connectivity index (χ2n) is 7.57. The molecule has 0 fully saturated rings. The second kappa shape index (κ2) is 12.3. The van der Waals surface area contributed by atoms with Gasteiger partial charge in [-0.05, 0) is 47.5 Å². The number of methoxy groups -OCH3 is 1. The number of carbonyl (C=O) groups is 2. The number of esters is 1. The molecule has 0 saturated heterocycles. The fourth-order valence-electron chi connectivity index (χ4n) is 2.99. The van der Waals surface area contributed by atoms with E-state index in [2.05, 4.69) is 19.5 Å². The summed E-state index contributed by atoms with van der Waals surface area (Å²) in [4.78, 5) is 23.3. The van der Waals surface area contributed by atoms with E-state index in [0.29, 0.717) is 11.1 Å².